The van der Waals surface area contributed by atoms with Gasteiger partial charge in [-0.25, -0.2) is 9.97 Å². The molecule has 30 heavy (non-hydrogen) atoms. The van der Waals surface area contributed by atoms with E-state index in [1.807, 2.05) is 12.3 Å². The number of hydrogen-bond acceptors (Lipinski definition) is 5. The summed E-state index contributed by atoms with van der Waals surface area (Å²) in [6.45, 7) is 6.41. The van der Waals surface area contributed by atoms with Gasteiger partial charge in [0.05, 0.1) is 16.9 Å². The van der Waals surface area contributed by atoms with Gasteiger partial charge in [-0.15, -0.1) is 0 Å². The molecule has 6 nitrogen and oxygen atoms in total. The summed E-state index contributed by atoms with van der Waals surface area (Å²) in [5, 5.41) is 4.11. The number of aryl methyl sites for hydroxylation is 1. The van der Waals surface area contributed by atoms with E-state index < -0.39 is 0 Å². The van der Waals surface area contributed by atoms with E-state index in [-0.39, 0.29) is 5.78 Å². The highest BCUT2D eigenvalue weighted by molar-refractivity contribution is 6.30. The number of halogens is 1. The number of Topliss-reactive ketones (excluding diaryl/α,β-unsaturated/α-hetero) is 1. The molecule has 2 aromatic heterocycles. The second-order valence-corrected chi connectivity index (χ2v) is 8.78. The number of aromatic nitrogens is 3. The van der Waals surface area contributed by atoms with Gasteiger partial charge in [0.15, 0.2) is 5.78 Å². The molecule has 2 aliphatic rings. The molecule has 3 aromatic rings. The average molecular weight is 422 g/mol. The van der Waals surface area contributed by atoms with Crippen molar-refractivity contribution in [2.24, 2.45) is 0 Å². The van der Waals surface area contributed by atoms with Crippen LogP contribution in [0.5, 0.6) is 0 Å². The van der Waals surface area contributed by atoms with Crippen molar-refractivity contribution in [1.82, 2.24) is 19.7 Å². The number of nitrogens with zero attached hydrogens (tertiary/aromatic N) is 4. The Hall–Kier alpha value is -2.70. The van der Waals surface area contributed by atoms with Crippen LogP contribution in [0.2, 0.25) is 5.02 Å². The minimum absolute atomic E-state index is 0.103. The number of carbonyl (C=O) groups excluding carboxylic acids is 1. The van der Waals surface area contributed by atoms with Crippen LogP contribution in [0, 0.1) is 0 Å². The number of anilines is 1. The van der Waals surface area contributed by atoms with Gasteiger partial charge in [0.25, 0.3) is 0 Å². The number of nitrogens with one attached hydrogen (secondary N) is 1. The molecule has 0 bridgehead atoms. The number of ketones is 1. The Morgan fingerprint density at radius 2 is 1.93 bits per heavy atom. The monoisotopic (exact) mass is 421 g/mol. The van der Waals surface area contributed by atoms with Crippen LogP contribution in [0.4, 0.5) is 5.69 Å². The molecule has 2 atom stereocenters. The number of piperazine rings is 1. The first-order valence-corrected chi connectivity index (χ1v) is 10.7. The van der Waals surface area contributed by atoms with Crippen LogP contribution >= 0.6 is 11.6 Å². The second kappa shape index (κ2) is 7.52. The van der Waals surface area contributed by atoms with Crippen LogP contribution in [0.3, 0.4) is 0 Å². The standard InChI is InChI=1S/C23H24ClN5O/c1-14-10-28(11-15(2)26-14)19-5-3-17-8-20(22(30)6-4-16(17)7-19)21-13-29-12-18(24)9-25-23(29)27-21/h3,5,7-9,12-15,26H,4,6,10-11H2,1-2H3/t14-,15+. The van der Waals surface area contributed by atoms with E-state index >= 15 is 0 Å². The molecule has 154 valence electrons. The molecule has 1 aliphatic carbocycles. The van der Waals surface area contributed by atoms with Crippen molar-refractivity contribution in [3.8, 4) is 0 Å². The summed E-state index contributed by atoms with van der Waals surface area (Å²) in [5.74, 6) is 0.636. The first-order valence-electron chi connectivity index (χ1n) is 10.4. The van der Waals surface area contributed by atoms with E-state index in [0.717, 1.165) is 25.1 Å². The molecule has 1 aliphatic heterocycles. The molecule has 1 saturated heterocycles. The molecule has 0 unspecified atom stereocenters. The number of hydrogen-bond donors (Lipinski definition) is 1. The molecule has 1 N–H and O–H groups in total. The van der Waals surface area contributed by atoms with Crippen molar-refractivity contribution in [2.45, 2.75) is 38.8 Å². The van der Waals surface area contributed by atoms with E-state index in [0.29, 0.717) is 40.6 Å². The van der Waals surface area contributed by atoms with Gasteiger partial charge in [0, 0.05) is 55.2 Å². The van der Waals surface area contributed by atoms with Gasteiger partial charge >= 0.3 is 0 Å². The molecule has 0 spiro atoms. The third-order valence-electron chi connectivity index (χ3n) is 5.83. The van der Waals surface area contributed by atoms with Crippen LogP contribution in [-0.4, -0.2) is 45.3 Å². The molecular formula is C23H24ClN5O. The Labute approximate surface area is 180 Å². The highest BCUT2D eigenvalue weighted by Gasteiger charge is 2.24. The number of carbonyl (C=O) groups is 1. The SMILES string of the molecule is C[C@@H]1CN(c2ccc3c(c2)CCC(=O)C(c2cn4cc(Cl)cnc4n2)=C3)C[C@H](C)N1. The summed E-state index contributed by atoms with van der Waals surface area (Å²) in [4.78, 5) is 24.1. The minimum Gasteiger partial charge on any atom is -0.368 e. The molecule has 0 radical (unpaired) electrons. The van der Waals surface area contributed by atoms with Gasteiger partial charge < -0.3 is 10.2 Å². The van der Waals surface area contributed by atoms with E-state index in [2.05, 4.69) is 52.2 Å². The van der Waals surface area contributed by atoms with Crippen LogP contribution in [0.25, 0.3) is 17.4 Å². The third kappa shape index (κ3) is 3.61. The summed E-state index contributed by atoms with van der Waals surface area (Å²) in [6, 6.07) is 7.46. The number of fused-ring (bicyclic) bond motifs is 2. The smallest absolute Gasteiger partial charge is 0.234 e. The Morgan fingerprint density at radius 1 is 1.13 bits per heavy atom. The molecular weight excluding hydrogens is 398 g/mol. The van der Waals surface area contributed by atoms with E-state index in [1.165, 1.54) is 11.3 Å². The van der Waals surface area contributed by atoms with E-state index in [9.17, 15) is 4.79 Å². The maximum Gasteiger partial charge on any atom is 0.234 e. The number of rotatable bonds is 2. The molecule has 0 amide bonds. The summed E-state index contributed by atoms with van der Waals surface area (Å²) in [5.41, 5.74) is 4.78. The molecule has 7 heteroatoms. The van der Waals surface area contributed by atoms with Crippen LogP contribution in [0.1, 0.15) is 37.1 Å². The van der Waals surface area contributed by atoms with Crippen LogP contribution in [-0.2, 0) is 11.2 Å². The number of imidazole rings is 1. The van der Waals surface area contributed by atoms with Crippen molar-refractivity contribution in [2.75, 3.05) is 18.0 Å². The summed E-state index contributed by atoms with van der Waals surface area (Å²) in [7, 11) is 0. The zero-order valence-corrected chi connectivity index (χ0v) is 17.9. The third-order valence-corrected chi connectivity index (χ3v) is 6.02. The molecule has 1 aromatic carbocycles. The average Bonchev–Trinajstić information content (AvgIpc) is 3.04. The fourth-order valence-electron chi connectivity index (χ4n) is 4.51. The lowest BCUT2D eigenvalue weighted by molar-refractivity contribution is -0.113. The lowest BCUT2D eigenvalue weighted by atomic mass is 10.0. The molecule has 5 rings (SSSR count). The van der Waals surface area contributed by atoms with Crippen molar-refractivity contribution in [3.05, 3.63) is 58.6 Å². The lowest BCUT2D eigenvalue weighted by Gasteiger charge is -2.38. The van der Waals surface area contributed by atoms with Crippen molar-refractivity contribution < 1.29 is 4.79 Å². The van der Waals surface area contributed by atoms with Crippen molar-refractivity contribution >= 4 is 40.5 Å². The van der Waals surface area contributed by atoms with E-state index in [1.54, 1.807) is 16.8 Å². The summed E-state index contributed by atoms with van der Waals surface area (Å²) >= 11 is 6.03. The van der Waals surface area contributed by atoms with Gasteiger partial charge in [0.1, 0.15) is 0 Å². The van der Waals surface area contributed by atoms with Gasteiger partial charge in [0.2, 0.25) is 5.78 Å². The Morgan fingerprint density at radius 3 is 2.73 bits per heavy atom. The van der Waals surface area contributed by atoms with Gasteiger partial charge in [-0.1, -0.05) is 17.7 Å². The second-order valence-electron chi connectivity index (χ2n) is 8.34. The quantitative estimate of drug-likeness (QED) is 0.684. The maximum absolute atomic E-state index is 12.9. The summed E-state index contributed by atoms with van der Waals surface area (Å²) < 4.78 is 1.76. The minimum atomic E-state index is 0.103. The molecule has 1 fully saturated rings. The Balaban J connectivity index is 1.51. The van der Waals surface area contributed by atoms with Crippen LogP contribution < -0.4 is 10.2 Å². The fraction of sp³-hybridized carbons (Fsp3) is 0.348. The predicted molar refractivity (Wildman–Crippen MR) is 120 cm³/mol. The van der Waals surface area contributed by atoms with Crippen molar-refractivity contribution in [1.29, 1.82) is 0 Å². The van der Waals surface area contributed by atoms with Gasteiger partial charge in [-0.3, -0.25) is 9.20 Å². The fourth-order valence-corrected chi connectivity index (χ4v) is 4.66. The highest BCUT2D eigenvalue weighted by atomic mass is 35.5. The van der Waals surface area contributed by atoms with Gasteiger partial charge in [-0.2, -0.15) is 0 Å². The highest BCUT2D eigenvalue weighted by Crippen LogP contribution is 2.30. The molecule has 3 heterocycles. The maximum atomic E-state index is 12.9. The first-order chi connectivity index (χ1) is 14.5. The Kier molecular flexibility index (Phi) is 4.83. The topological polar surface area (TPSA) is 62.5 Å². The zero-order valence-electron chi connectivity index (χ0n) is 17.1. The largest absolute Gasteiger partial charge is 0.368 e. The number of allylic oxidation sites excluding steroid dienone is 1. The lowest BCUT2D eigenvalue weighted by Crippen LogP contribution is -2.54. The molecule has 0 saturated carbocycles. The normalized spacial score (nSPS) is 22.0. The predicted octanol–water partition coefficient (Wildman–Crippen LogP) is 3.63. The van der Waals surface area contributed by atoms with E-state index in [4.69, 9.17) is 11.6 Å². The van der Waals surface area contributed by atoms with Crippen LogP contribution in [0.15, 0.2) is 36.8 Å². The number of benzene rings is 1. The summed E-state index contributed by atoms with van der Waals surface area (Å²) in [6.07, 6.45) is 8.31. The zero-order chi connectivity index (χ0) is 20.8. The first kappa shape index (κ1) is 19.3. The van der Waals surface area contributed by atoms with Crippen molar-refractivity contribution in [3.63, 3.8) is 0 Å². The van der Waals surface area contributed by atoms with Gasteiger partial charge in [-0.05, 0) is 49.6 Å². The Bertz CT molecular complexity index is 1160.